The van der Waals surface area contributed by atoms with Crippen LogP contribution in [0.25, 0.3) is 0 Å². The van der Waals surface area contributed by atoms with E-state index in [-0.39, 0.29) is 11.5 Å². The quantitative estimate of drug-likeness (QED) is 0.865. The summed E-state index contributed by atoms with van der Waals surface area (Å²) in [5.41, 5.74) is 1.75. The second kappa shape index (κ2) is 6.58. The molecular formula is C20H26O3. The van der Waals surface area contributed by atoms with Crippen molar-refractivity contribution in [2.75, 3.05) is 0 Å². The van der Waals surface area contributed by atoms with Gasteiger partial charge in [0.1, 0.15) is 6.29 Å². The molecule has 1 aromatic rings. The summed E-state index contributed by atoms with van der Waals surface area (Å²) >= 11 is 0. The maximum Gasteiger partial charge on any atom is 0.148 e. The summed E-state index contributed by atoms with van der Waals surface area (Å²) in [6.07, 6.45) is 5.09. The van der Waals surface area contributed by atoms with Gasteiger partial charge in [-0.15, -0.1) is 0 Å². The standard InChI is InChI=1S/C20H26O3/c1-14-17-10-18(22)16(12-21)11-20(17,2)9-8-19(14)23-13-15-6-4-3-5-7-15/h3-7,11-12,14,17-19,22H,8-10,13H2,1-2H3/t14-,17-,18+,19-,20+/m0/s1. The first kappa shape index (κ1) is 16.4. The van der Waals surface area contributed by atoms with Crippen LogP contribution in [0.1, 0.15) is 38.7 Å². The number of hydrogen-bond acceptors (Lipinski definition) is 3. The molecular weight excluding hydrogens is 288 g/mol. The Morgan fingerprint density at radius 2 is 2.09 bits per heavy atom. The first-order chi connectivity index (χ1) is 11.0. The number of fused-ring (bicyclic) bond motifs is 1. The fraction of sp³-hybridized carbons (Fsp3) is 0.550. The summed E-state index contributed by atoms with van der Waals surface area (Å²) in [5, 5.41) is 10.2. The lowest BCUT2D eigenvalue weighted by Crippen LogP contribution is -2.47. The van der Waals surface area contributed by atoms with Crippen molar-refractivity contribution in [3.63, 3.8) is 0 Å². The molecule has 0 radical (unpaired) electrons. The highest BCUT2D eigenvalue weighted by molar-refractivity contribution is 5.75. The highest BCUT2D eigenvalue weighted by Gasteiger charge is 2.47. The molecule has 1 N–H and O–H groups in total. The van der Waals surface area contributed by atoms with Crippen molar-refractivity contribution in [3.05, 3.63) is 47.5 Å². The van der Waals surface area contributed by atoms with Crippen LogP contribution in [0.3, 0.4) is 0 Å². The third kappa shape index (κ3) is 3.26. The highest BCUT2D eigenvalue weighted by Crippen LogP contribution is 2.51. The predicted octanol–water partition coefficient (Wildman–Crippen LogP) is 3.51. The smallest absolute Gasteiger partial charge is 0.148 e. The summed E-state index contributed by atoms with van der Waals surface area (Å²) in [7, 11) is 0. The average Bonchev–Trinajstić information content (AvgIpc) is 2.56. The molecule has 1 saturated carbocycles. The lowest BCUT2D eigenvalue weighted by atomic mass is 9.57. The molecule has 5 atom stereocenters. The molecule has 0 amide bonds. The number of ether oxygens (including phenoxy) is 1. The molecule has 1 aromatic carbocycles. The van der Waals surface area contributed by atoms with Gasteiger partial charge in [-0.2, -0.15) is 0 Å². The number of benzene rings is 1. The van der Waals surface area contributed by atoms with Gasteiger partial charge in [0.2, 0.25) is 0 Å². The molecule has 3 heteroatoms. The number of hydrogen-bond donors (Lipinski definition) is 1. The van der Waals surface area contributed by atoms with Gasteiger partial charge < -0.3 is 9.84 Å². The molecule has 0 bridgehead atoms. The fourth-order valence-electron chi connectivity index (χ4n) is 4.40. The molecule has 1 fully saturated rings. The van der Waals surface area contributed by atoms with E-state index in [1.807, 2.05) is 24.3 Å². The van der Waals surface area contributed by atoms with Gasteiger partial charge in [-0.25, -0.2) is 0 Å². The van der Waals surface area contributed by atoms with Gasteiger partial charge in [0.05, 0.1) is 18.8 Å². The third-order valence-corrected chi connectivity index (χ3v) is 5.84. The van der Waals surface area contributed by atoms with Crippen LogP contribution in [-0.2, 0) is 16.1 Å². The van der Waals surface area contributed by atoms with Gasteiger partial charge in [-0.1, -0.05) is 50.3 Å². The van der Waals surface area contributed by atoms with Crippen molar-refractivity contribution in [1.82, 2.24) is 0 Å². The maximum atomic E-state index is 11.1. The van der Waals surface area contributed by atoms with Gasteiger partial charge in [0.15, 0.2) is 0 Å². The zero-order chi connectivity index (χ0) is 16.4. The first-order valence-electron chi connectivity index (χ1n) is 8.55. The molecule has 0 spiro atoms. The molecule has 3 nitrogen and oxygen atoms in total. The minimum atomic E-state index is -0.624. The van der Waals surface area contributed by atoms with E-state index in [4.69, 9.17) is 4.74 Å². The molecule has 0 aromatic heterocycles. The summed E-state index contributed by atoms with van der Waals surface area (Å²) < 4.78 is 6.19. The Kier molecular flexibility index (Phi) is 4.69. The lowest BCUT2D eigenvalue weighted by molar-refractivity contribution is -0.107. The number of carbonyl (C=O) groups is 1. The minimum Gasteiger partial charge on any atom is -0.388 e. The van der Waals surface area contributed by atoms with Gasteiger partial charge in [0.25, 0.3) is 0 Å². The Morgan fingerprint density at radius 3 is 2.78 bits per heavy atom. The van der Waals surface area contributed by atoms with E-state index >= 15 is 0 Å². The number of carbonyl (C=O) groups excluding carboxylic acids is 1. The second-order valence-corrected chi connectivity index (χ2v) is 7.36. The van der Waals surface area contributed by atoms with Crippen LogP contribution in [-0.4, -0.2) is 23.6 Å². The molecule has 124 valence electrons. The second-order valence-electron chi connectivity index (χ2n) is 7.36. The Bertz CT molecular complexity index is 580. The number of aldehydes is 1. The molecule has 0 aliphatic heterocycles. The Hall–Kier alpha value is -1.45. The minimum absolute atomic E-state index is 0.00149. The van der Waals surface area contributed by atoms with Crippen LogP contribution in [0.15, 0.2) is 42.0 Å². The highest BCUT2D eigenvalue weighted by atomic mass is 16.5. The Morgan fingerprint density at radius 1 is 1.35 bits per heavy atom. The monoisotopic (exact) mass is 314 g/mol. The van der Waals surface area contributed by atoms with E-state index in [1.54, 1.807) is 0 Å². The molecule has 23 heavy (non-hydrogen) atoms. The van der Waals surface area contributed by atoms with Crippen LogP contribution < -0.4 is 0 Å². The van der Waals surface area contributed by atoms with Crippen molar-refractivity contribution in [3.8, 4) is 0 Å². The van der Waals surface area contributed by atoms with Crippen LogP contribution in [0.4, 0.5) is 0 Å². The van der Waals surface area contributed by atoms with Crippen LogP contribution in [0.2, 0.25) is 0 Å². The normalized spacial score (nSPS) is 36.9. The zero-order valence-electron chi connectivity index (χ0n) is 13.9. The predicted molar refractivity (Wildman–Crippen MR) is 89.8 cm³/mol. The van der Waals surface area contributed by atoms with Crippen molar-refractivity contribution < 1.29 is 14.6 Å². The van der Waals surface area contributed by atoms with Crippen LogP contribution >= 0.6 is 0 Å². The average molecular weight is 314 g/mol. The number of aliphatic hydroxyl groups is 1. The zero-order valence-corrected chi connectivity index (χ0v) is 13.9. The Labute approximate surface area is 138 Å². The number of allylic oxidation sites excluding steroid dienone is 1. The van der Waals surface area contributed by atoms with E-state index in [0.29, 0.717) is 30.4 Å². The molecule has 2 aliphatic rings. The van der Waals surface area contributed by atoms with E-state index in [1.165, 1.54) is 5.56 Å². The third-order valence-electron chi connectivity index (χ3n) is 5.84. The molecule has 2 aliphatic carbocycles. The van der Waals surface area contributed by atoms with Crippen molar-refractivity contribution >= 4 is 6.29 Å². The van der Waals surface area contributed by atoms with Crippen LogP contribution in [0, 0.1) is 17.3 Å². The van der Waals surface area contributed by atoms with Crippen molar-refractivity contribution in [1.29, 1.82) is 0 Å². The Balaban J connectivity index is 1.70. The van der Waals surface area contributed by atoms with E-state index in [0.717, 1.165) is 19.1 Å². The molecule has 0 heterocycles. The van der Waals surface area contributed by atoms with E-state index in [9.17, 15) is 9.90 Å². The van der Waals surface area contributed by atoms with Crippen molar-refractivity contribution in [2.45, 2.75) is 51.9 Å². The summed E-state index contributed by atoms with van der Waals surface area (Å²) in [5.74, 6) is 0.729. The maximum absolute atomic E-state index is 11.1. The summed E-state index contributed by atoms with van der Waals surface area (Å²) in [6.45, 7) is 5.08. The van der Waals surface area contributed by atoms with Gasteiger partial charge in [-0.05, 0) is 42.1 Å². The largest absolute Gasteiger partial charge is 0.388 e. The van der Waals surface area contributed by atoms with Gasteiger partial charge in [0, 0.05) is 5.57 Å². The van der Waals surface area contributed by atoms with Crippen LogP contribution in [0.5, 0.6) is 0 Å². The SMILES string of the molecule is C[C@@H]1[C@@H](OCc2ccccc2)CC[C@]2(C)C=C(C=O)[C@H](O)C[C@@H]12. The fourth-order valence-corrected chi connectivity index (χ4v) is 4.40. The summed E-state index contributed by atoms with van der Waals surface area (Å²) in [4.78, 5) is 11.1. The molecule has 0 unspecified atom stereocenters. The molecule has 0 saturated heterocycles. The first-order valence-corrected chi connectivity index (χ1v) is 8.55. The number of aliphatic hydroxyl groups excluding tert-OH is 1. The van der Waals surface area contributed by atoms with E-state index < -0.39 is 6.10 Å². The van der Waals surface area contributed by atoms with Gasteiger partial charge in [-0.3, -0.25) is 4.79 Å². The number of rotatable bonds is 4. The lowest BCUT2D eigenvalue weighted by Gasteiger charge is -2.50. The molecule has 3 rings (SSSR count). The summed E-state index contributed by atoms with van der Waals surface area (Å²) in [6, 6.07) is 10.2. The van der Waals surface area contributed by atoms with Crippen molar-refractivity contribution in [2.24, 2.45) is 17.3 Å². The van der Waals surface area contributed by atoms with E-state index in [2.05, 4.69) is 26.0 Å². The topological polar surface area (TPSA) is 46.5 Å². The van der Waals surface area contributed by atoms with Gasteiger partial charge >= 0.3 is 0 Å².